The summed E-state index contributed by atoms with van der Waals surface area (Å²) in [7, 11) is -4.14. The summed E-state index contributed by atoms with van der Waals surface area (Å²) < 4.78 is 108. The summed E-state index contributed by atoms with van der Waals surface area (Å²) in [6.45, 7) is 0. The molecule has 0 atom stereocenters. The molecule has 0 fully saturated rings. The highest BCUT2D eigenvalue weighted by Gasteiger charge is 2.75. The minimum atomic E-state index is -6.52. The number of nitrogens with zero attached hydrogens (tertiary/aromatic N) is 2. The lowest BCUT2D eigenvalue weighted by Crippen LogP contribution is -2.50. The molecule has 110 valence electrons. The van der Waals surface area contributed by atoms with E-state index in [2.05, 4.69) is 10.2 Å². The second-order valence-corrected chi connectivity index (χ2v) is 6.46. The monoisotopic (exact) mass is 332 g/mol. The first-order valence-corrected chi connectivity index (χ1v) is 6.78. The van der Waals surface area contributed by atoms with Gasteiger partial charge in [0.25, 0.3) is 0 Å². The smallest absolute Gasteiger partial charge is 0.221 e. The standard InChI is InChI=1S/C6H3F7N2O2S2/c1-19(16,17)3-15-14-2(18-3)4(7,8)5(9,10)6(11,12)13/h1H3. The summed E-state index contributed by atoms with van der Waals surface area (Å²) in [5, 5.41) is 3.01. The summed E-state index contributed by atoms with van der Waals surface area (Å²) in [6.07, 6.45) is -6.01. The molecule has 0 amide bonds. The Hall–Kier alpha value is -0.980. The minimum Gasteiger partial charge on any atom is -0.221 e. The first-order chi connectivity index (χ1) is 8.21. The number of hydrogen-bond donors (Lipinski definition) is 0. The van der Waals surface area contributed by atoms with Crippen LogP contribution in [0.15, 0.2) is 4.34 Å². The van der Waals surface area contributed by atoms with E-state index in [0.29, 0.717) is 6.26 Å². The molecule has 0 aromatic carbocycles. The third kappa shape index (κ3) is 2.66. The van der Waals surface area contributed by atoms with Gasteiger partial charge in [0.1, 0.15) is 0 Å². The van der Waals surface area contributed by atoms with Gasteiger partial charge >= 0.3 is 18.0 Å². The summed E-state index contributed by atoms with van der Waals surface area (Å²) in [5.41, 5.74) is 0. The van der Waals surface area contributed by atoms with Crippen LogP contribution in [-0.2, 0) is 15.8 Å². The SMILES string of the molecule is CS(=O)(=O)c1nnc(C(F)(F)C(F)(F)C(F)(F)F)s1. The molecule has 0 saturated heterocycles. The maximum atomic E-state index is 13.1. The first kappa shape index (κ1) is 16.1. The van der Waals surface area contributed by atoms with Crippen molar-refractivity contribution in [2.24, 2.45) is 0 Å². The zero-order valence-electron chi connectivity index (χ0n) is 8.67. The number of hydrogen-bond acceptors (Lipinski definition) is 5. The Morgan fingerprint density at radius 1 is 1.00 bits per heavy atom. The van der Waals surface area contributed by atoms with E-state index in [9.17, 15) is 39.2 Å². The molecule has 0 aliphatic carbocycles. The highest BCUT2D eigenvalue weighted by Crippen LogP contribution is 2.52. The van der Waals surface area contributed by atoms with Crippen LogP contribution in [0.5, 0.6) is 0 Å². The van der Waals surface area contributed by atoms with Gasteiger partial charge in [0, 0.05) is 6.26 Å². The van der Waals surface area contributed by atoms with Crippen molar-refractivity contribution in [3.63, 3.8) is 0 Å². The van der Waals surface area contributed by atoms with Crippen LogP contribution in [0.3, 0.4) is 0 Å². The number of aromatic nitrogens is 2. The van der Waals surface area contributed by atoms with Crippen LogP contribution in [0.4, 0.5) is 30.7 Å². The quantitative estimate of drug-likeness (QED) is 0.797. The summed E-state index contributed by atoms with van der Waals surface area (Å²) in [4.78, 5) is 0. The fourth-order valence-corrected chi connectivity index (χ4v) is 2.42. The van der Waals surface area contributed by atoms with E-state index in [1.807, 2.05) is 0 Å². The zero-order chi connectivity index (χ0) is 15.3. The van der Waals surface area contributed by atoms with Gasteiger partial charge in [0.05, 0.1) is 0 Å². The average Bonchev–Trinajstić information content (AvgIpc) is 2.63. The molecule has 1 heterocycles. The third-order valence-corrected chi connectivity index (χ3v) is 4.40. The van der Waals surface area contributed by atoms with Gasteiger partial charge < -0.3 is 0 Å². The van der Waals surface area contributed by atoms with Crippen molar-refractivity contribution in [3.8, 4) is 0 Å². The van der Waals surface area contributed by atoms with Gasteiger partial charge in [0.2, 0.25) is 14.2 Å². The van der Waals surface area contributed by atoms with Crippen LogP contribution in [0.2, 0.25) is 0 Å². The molecule has 0 aliphatic rings. The van der Waals surface area contributed by atoms with Crippen molar-refractivity contribution in [3.05, 3.63) is 5.01 Å². The van der Waals surface area contributed by atoms with Crippen LogP contribution >= 0.6 is 11.3 Å². The molecule has 0 N–H and O–H groups in total. The largest absolute Gasteiger partial charge is 0.460 e. The normalized spacial score (nSPS) is 14.7. The number of sulfone groups is 1. The van der Waals surface area contributed by atoms with E-state index in [1.54, 1.807) is 0 Å². The summed E-state index contributed by atoms with van der Waals surface area (Å²) in [5.74, 6) is -12.1. The molecule has 0 radical (unpaired) electrons. The van der Waals surface area contributed by atoms with Crippen LogP contribution in [0, 0.1) is 0 Å². The van der Waals surface area contributed by atoms with Crippen molar-refractivity contribution in [1.82, 2.24) is 10.2 Å². The lowest BCUT2D eigenvalue weighted by atomic mass is 10.2. The van der Waals surface area contributed by atoms with Crippen LogP contribution in [-0.4, -0.2) is 37.0 Å². The third-order valence-electron chi connectivity index (χ3n) is 1.74. The Labute approximate surface area is 105 Å². The molecule has 19 heavy (non-hydrogen) atoms. The van der Waals surface area contributed by atoms with E-state index in [-0.39, 0.29) is 0 Å². The predicted octanol–water partition coefficient (Wildman–Crippen LogP) is 2.23. The van der Waals surface area contributed by atoms with Crippen molar-refractivity contribution >= 4 is 21.2 Å². The molecule has 4 nitrogen and oxygen atoms in total. The molecule has 1 aromatic heterocycles. The minimum absolute atomic E-state index is 0.511. The maximum absolute atomic E-state index is 13.1. The summed E-state index contributed by atoms with van der Waals surface area (Å²) >= 11 is -0.550. The van der Waals surface area contributed by atoms with Crippen molar-refractivity contribution < 1.29 is 39.2 Å². The van der Waals surface area contributed by atoms with Gasteiger partial charge in [-0.2, -0.15) is 30.7 Å². The zero-order valence-corrected chi connectivity index (χ0v) is 10.3. The van der Waals surface area contributed by atoms with Crippen LogP contribution in [0.1, 0.15) is 5.01 Å². The van der Waals surface area contributed by atoms with Crippen molar-refractivity contribution in [1.29, 1.82) is 0 Å². The Balaban J connectivity index is 3.33. The highest BCUT2D eigenvalue weighted by molar-refractivity contribution is 7.92. The fourth-order valence-electron chi connectivity index (χ4n) is 0.799. The lowest BCUT2D eigenvalue weighted by Gasteiger charge is -2.25. The molecular weight excluding hydrogens is 329 g/mol. The molecular formula is C6H3F7N2O2S2. The first-order valence-electron chi connectivity index (χ1n) is 4.07. The maximum Gasteiger partial charge on any atom is 0.460 e. The van der Waals surface area contributed by atoms with Gasteiger partial charge in [-0.25, -0.2) is 8.42 Å². The molecule has 1 aromatic rings. The highest BCUT2D eigenvalue weighted by atomic mass is 32.2. The molecule has 0 bridgehead atoms. The van der Waals surface area contributed by atoms with E-state index < -0.39 is 48.5 Å². The second-order valence-electron chi connectivity index (χ2n) is 3.29. The Morgan fingerprint density at radius 2 is 1.47 bits per heavy atom. The van der Waals surface area contributed by atoms with E-state index in [0.717, 1.165) is 0 Å². The molecule has 0 saturated carbocycles. The summed E-state index contributed by atoms with van der Waals surface area (Å²) in [6, 6.07) is 0. The van der Waals surface area contributed by atoms with E-state index in [4.69, 9.17) is 0 Å². The predicted molar refractivity (Wildman–Crippen MR) is 47.9 cm³/mol. The molecule has 0 spiro atoms. The molecule has 0 aliphatic heterocycles. The number of halogens is 7. The van der Waals surface area contributed by atoms with Crippen LogP contribution < -0.4 is 0 Å². The number of alkyl halides is 7. The number of rotatable bonds is 3. The topological polar surface area (TPSA) is 59.9 Å². The molecule has 13 heteroatoms. The Bertz CT molecular complexity index is 577. The molecule has 1 rings (SSSR count). The Morgan fingerprint density at radius 3 is 1.79 bits per heavy atom. The van der Waals surface area contributed by atoms with E-state index in [1.165, 1.54) is 0 Å². The molecule has 0 unspecified atom stereocenters. The van der Waals surface area contributed by atoms with Crippen molar-refractivity contribution in [2.75, 3.05) is 6.26 Å². The van der Waals surface area contributed by atoms with Crippen molar-refractivity contribution in [2.45, 2.75) is 22.4 Å². The van der Waals surface area contributed by atoms with E-state index >= 15 is 0 Å². The fraction of sp³-hybridized carbons (Fsp3) is 0.667. The lowest BCUT2D eigenvalue weighted by molar-refractivity contribution is -0.359. The van der Waals surface area contributed by atoms with Gasteiger partial charge in [-0.1, -0.05) is 11.3 Å². The average molecular weight is 332 g/mol. The van der Waals surface area contributed by atoms with Crippen LogP contribution in [0.25, 0.3) is 0 Å². The Kier molecular flexibility index (Phi) is 3.60. The van der Waals surface area contributed by atoms with Gasteiger partial charge in [-0.05, 0) is 0 Å². The van der Waals surface area contributed by atoms with Gasteiger partial charge in [-0.15, -0.1) is 10.2 Å². The van der Waals surface area contributed by atoms with Gasteiger partial charge in [-0.3, -0.25) is 0 Å². The van der Waals surface area contributed by atoms with Gasteiger partial charge in [0.15, 0.2) is 5.01 Å². The second kappa shape index (κ2) is 4.26.